The summed E-state index contributed by atoms with van der Waals surface area (Å²) in [7, 11) is 0. The molecule has 0 radical (unpaired) electrons. The van der Waals surface area contributed by atoms with E-state index in [2.05, 4.69) is 0 Å². The molecule has 0 aliphatic carbocycles. The molecule has 16 valence electrons. The van der Waals surface area contributed by atoms with Crippen molar-refractivity contribution in [3.8, 4) is 0 Å². The summed E-state index contributed by atoms with van der Waals surface area (Å²) in [5.74, 6) is 0. The van der Waals surface area contributed by atoms with Crippen LogP contribution in [0.1, 0.15) is 0 Å². The monoisotopic (exact) mass is 364 g/mol. The van der Waals surface area contributed by atoms with Gasteiger partial charge in [0.2, 0.25) is 0 Å². The Hall–Kier alpha value is 2.17. The minimum absolute atomic E-state index is 0. The third kappa shape index (κ3) is 8.90. The summed E-state index contributed by atoms with van der Waals surface area (Å²) in [4.78, 5) is 0. The zero-order valence-corrected chi connectivity index (χ0v) is 12.6. The van der Waals surface area contributed by atoms with Crippen LogP contribution < -0.4 is 0 Å². The van der Waals surface area contributed by atoms with Crippen molar-refractivity contribution in [3.63, 3.8) is 0 Å². The molecule has 4 heteroatoms. The standard InChI is InChI=1S/Cd.Hg.O.S/q2*+2;2*-2. The summed E-state index contributed by atoms with van der Waals surface area (Å²) in [6.07, 6.45) is 0. The van der Waals surface area contributed by atoms with Gasteiger partial charge in [-0.2, -0.15) is 0 Å². The number of hydrogen-bond acceptors (Lipinski definition) is 0. The van der Waals surface area contributed by atoms with Crippen LogP contribution in [-0.2, 0) is 73.9 Å². The quantitative estimate of drug-likeness (QED) is 0.539. The van der Waals surface area contributed by atoms with Gasteiger partial charge in [0.05, 0.1) is 0 Å². The number of rotatable bonds is 0. The Morgan fingerprint density at radius 2 is 1.00 bits per heavy atom. The summed E-state index contributed by atoms with van der Waals surface area (Å²) in [5.41, 5.74) is 0. The molecule has 0 unspecified atom stereocenters. The second kappa shape index (κ2) is 19.1. The van der Waals surface area contributed by atoms with Gasteiger partial charge >= 0.3 is 55.0 Å². The van der Waals surface area contributed by atoms with Crippen molar-refractivity contribution in [1.82, 2.24) is 0 Å². The van der Waals surface area contributed by atoms with Crippen LogP contribution in [0.25, 0.3) is 0 Å². The fraction of sp³-hybridized carbons (Fsp3) is 0. The fourth-order valence-electron chi connectivity index (χ4n) is 0. The van der Waals surface area contributed by atoms with E-state index in [4.69, 9.17) is 0 Å². The predicted octanol–water partition coefficient (Wildman–Crippen LogP) is -0.126. The normalized spacial score (nSPS) is 0. The molecule has 0 N–H and O–H groups in total. The minimum Gasteiger partial charge on any atom is -2.00 e. The molecule has 0 aromatic carbocycles. The molecule has 0 aliphatic rings. The van der Waals surface area contributed by atoms with Gasteiger partial charge in [0, 0.05) is 0 Å². The van der Waals surface area contributed by atoms with Gasteiger partial charge in [0.1, 0.15) is 0 Å². The smallest absolute Gasteiger partial charge is 2.00 e. The van der Waals surface area contributed by atoms with Crippen LogP contribution in [0.2, 0.25) is 0 Å². The van der Waals surface area contributed by atoms with Crippen LogP contribution in [0, 0.1) is 0 Å². The van der Waals surface area contributed by atoms with E-state index in [1.807, 2.05) is 0 Å². The third-order valence-corrected chi connectivity index (χ3v) is 0. The van der Waals surface area contributed by atoms with E-state index in [-0.39, 0.29) is 73.9 Å². The molecule has 4 heavy (non-hydrogen) atoms. The van der Waals surface area contributed by atoms with E-state index in [0.29, 0.717) is 0 Å². The van der Waals surface area contributed by atoms with E-state index in [1.165, 1.54) is 0 Å². The van der Waals surface area contributed by atoms with Crippen LogP contribution in [0.3, 0.4) is 0 Å². The first-order valence-corrected chi connectivity index (χ1v) is 0. The average Bonchev–Trinajstić information content (AvgIpc) is 0. The summed E-state index contributed by atoms with van der Waals surface area (Å²) in [6, 6.07) is 0. The molecule has 0 spiro atoms. The minimum atomic E-state index is 0. The average molecular weight is 361 g/mol. The Kier molecular flexibility index (Phi) is 167. The van der Waals surface area contributed by atoms with Crippen LogP contribution in [0.5, 0.6) is 0 Å². The SMILES string of the molecule is [Cd+2].[Hg+2].[O-2].[S-2]. The van der Waals surface area contributed by atoms with Gasteiger partial charge in [0.25, 0.3) is 0 Å². The maximum atomic E-state index is 0. The zero-order chi connectivity index (χ0) is 0. The van der Waals surface area contributed by atoms with Crippen molar-refractivity contribution in [2.24, 2.45) is 0 Å². The molecule has 0 aliphatic heterocycles. The van der Waals surface area contributed by atoms with E-state index in [0.717, 1.165) is 0 Å². The van der Waals surface area contributed by atoms with Crippen LogP contribution in [-0.4, -0.2) is 0 Å². The first-order valence-electron chi connectivity index (χ1n) is 0. The maximum Gasteiger partial charge on any atom is 2.00 e. The predicted molar refractivity (Wildman–Crippen MR) is 8.05 cm³/mol. The molecule has 0 rings (SSSR count). The second-order valence-corrected chi connectivity index (χ2v) is 0. The molecule has 0 saturated heterocycles. The van der Waals surface area contributed by atoms with Crippen molar-refractivity contribution in [2.45, 2.75) is 0 Å². The third-order valence-electron chi connectivity index (χ3n) is 0. The Balaban J connectivity index is 0. The molecule has 0 atom stereocenters. The van der Waals surface area contributed by atoms with Crippen LogP contribution in [0.4, 0.5) is 0 Å². The van der Waals surface area contributed by atoms with Gasteiger partial charge in [-0.15, -0.1) is 0 Å². The van der Waals surface area contributed by atoms with E-state index in [1.54, 1.807) is 0 Å². The summed E-state index contributed by atoms with van der Waals surface area (Å²) < 4.78 is 0. The molecular weight excluding hydrogens is 361 g/mol. The first-order chi connectivity index (χ1) is 0. The maximum absolute atomic E-state index is 0. The van der Waals surface area contributed by atoms with Crippen molar-refractivity contribution >= 4 is 13.5 Å². The summed E-state index contributed by atoms with van der Waals surface area (Å²) in [6.45, 7) is 0. The van der Waals surface area contributed by atoms with Crippen molar-refractivity contribution < 1.29 is 60.4 Å². The molecule has 1 nitrogen and oxygen atoms in total. The Bertz CT molecular complexity index is 8.00. The van der Waals surface area contributed by atoms with E-state index in [9.17, 15) is 0 Å². The van der Waals surface area contributed by atoms with E-state index >= 15 is 0 Å². The molecule has 0 heterocycles. The Morgan fingerprint density at radius 3 is 1.00 bits per heavy atom. The molecule has 0 bridgehead atoms. The second-order valence-electron chi connectivity index (χ2n) is 0. The van der Waals surface area contributed by atoms with Crippen molar-refractivity contribution in [3.05, 3.63) is 0 Å². The van der Waals surface area contributed by atoms with Gasteiger partial charge in [-0.05, 0) is 0 Å². The van der Waals surface area contributed by atoms with Gasteiger partial charge in [-0.1, -0.05) is 0 Å². The fourth-order valence-corrected chi connectivity index (χ4v) is 0. The Morgan fingerprint density at radius 1 is 1.00 bits per heavy atom. The van der Waals surface area contributed by atoms with Crippen LogP contribution in [0.15, 0.2) is 0 Å². The molecule has 0 fully saturated rings. The number of hydrogen-bond donors (Lipinski definition) is 0. The first kappa shape index (κ1) is 35.1. The van der Waals surface area contributed by atoms with Crippen molar-refractivity contribution in [1.29, 1.82) is 0 Å². The largest absolute Gasteiger partial charge is 2.00 e. The summed E-state index contributed by atoms with van der Waals surface area (Å²) >= 11 is 0. The topological polar surface area (TPSA) is 28.5 Å². The van der Waals surface area contributed by atoms with Gasteiger partial charge < -0.3 is 19.0 Å². The molecule has 0 amide bonds. The molecular formula is CdHgOS. The van der Waals surface area contributed by atoms with Crippen molar-refractivity contribution in [2.75, 3.05) is 0 Å². The van der Waals surface area contributed by atoms with Crippen LogP contribution >= 0.6 is 0 Å². The molecule has 0 saturated carbocycles. The summed E-state index contributed by atoms with van der Waals surface area (Å²) in [5, 5.41) is 0. The van der Waals surface area contributed by atoms with Gasteiger partial charge in [-0.3, -0.25) is 0 Å². The Labute approximate surface area is 73.0 Å². The van der Waals surface area contributed by atoms with E-state index < -0.39 is 0 Å². The van der Waals surface area contributed by atoms with Gasteiger partial charge in [-0.25, -0.2) is 0 Å². The zero-order valence-electron chi connectivity index (χ0n) is 2.23. The molecule has 0 aromatic rings. The molecule has 0 aromatic heterocycles. The van der Waals surface area contributed by atoms with Gasteiger partial charge in [0.15, 0.2) is 0 Å².